The van der Waals surface area contributed by atoms with Gasteiger partial charge in [-0.1, -0.05) is 26.8 Å². The van der Waals surface area contributed by atoms with Crippen LogP contribution in [-0.4, -0.2) is 21.0 Å². The van der Waals surface area contributed by atoms with Crippen LogP contribution in [0.1, 0.15) is 47.8 Å². The Morgan fingerprint density at radius 2 is 1.58 bits per heavy atom. The van der Waals surface area contributed by atoms with Crippen LogP contribution >= 0.6 is 0 Å². The van der Waals surface area contributed by atoms with Crippen LogP contribution in [0.25, 0.3) is 0 Å². The second kappa shape index (κ2) is 6.47. The van der Waals surface area contributed by atoms with E-state index in [2.05, 4.69) is 0 Å². The fourth-order valence-electron chi connectivity index (χ4n) is 1.90. The molecule has 0 saturated carbocycles. The fraction of sp³-hybridized carbons (Fsp3) is 0.562. The van der Waals surface area contributed by atoms with Gasteiger partial charge in [0.15, 0.2) is 5.78 Å². The molecule has 0 N–H and O–H groups in total. The van der Waals surface area contributed by atoms with Crippen molar-refractivity contribution in [3.63, 3.8) is 0 Å². The number of ketones is 1. The Hall–Kier alpha value is -0.960. The predicted octanol–water partition coefficient (Wildman–Crippen LogP) is 3.59. The molecule has 106 valence electrons. The summed E-state index contributed by atoms with van der Waals surface area (Å²) in [6, 6.07) is 3.95. The maximum atomic E-state index is 12.3. The second-order valence-electron chi connectivity index (χ2n) is 5.65. The molecule has 2 unspecified atom stereocenters. The largest absolute Gasteiger partial charge is 0.293 e. The highest BCUT2D eigenvalue weighted by Gasteiger charge is 2.20. The van der Waals surface area contributed by atoms with Crippen LogP contribution in [0.4, 0.5) is 0 Å². The first-order chi connectivity index (χ1) is 8.73. The normalized spacial score (nSPS) is 14.5. The second-order valence-corrected chi connectivity index (χ2v) is 7.44. The number of carbonyl (C=O) groups is 1. The Bertz CT molecular complexity index is 504. The molecule has 0 bridgehead atoms. The summed E-state index contributed by atoms with van der Waals surface area (Å²) < 4.78 is 12.1. The van der Waals surface area contributed by atoms with E-state index in [9.17, 15) is 9.00 Å². The van der Waals surface area contributed by atoms with Gasteiger partial charge in [-0.25, -0.2) is 0 Å². The number of aryl methyl sites for hydroxylation is 3. The van der Waals surface area contributed by atoms with Crippen molar-refractivity contribution in [2.24, 2.45) is 5.92 Å². The van der Waals surface area contributed by atoms with Gasteiger partial charge >= 0.3 is 0 Å². The van der Waals surface area contributed by atoms with Crippen molar-refractivity contribution in [3.8, 4) is 0 Å². The van der Waals surface area contributed by atoms with E-state index in [0.29, 0.717) is 11.5 Å². The van der Waals surface area contributed by atoms with Gasteiger partial charge in [-0.15, -0.1) is 0 Å². The van der Waals surface area contributed by atoms with Gasteiger partial charge in [0.25, 0.3) is 0 Å². The van der Waals surface area contributed by atoms with E-state index >= 15 is 0 Å². The zero-order chi connectivity index (χ0) is 14.7. The lowest BCUT2D eigenvalue weighted by molar-refractivity contribution is 0.102. The monoisotopic (exact) mass is 280 g/mol. The van der Waals surface area contributed by atoms with Crippen molar-refractivity contribution in [3.05, 3.63) is 34.4 Å². The van der Waals surface area contributed by atoms with Crippen molar-refractivity contribution in [1.82, 2.24) is 0 Å². The Morgan fingerprint density at radius 1 is 1.05 bits per heavy atom. The van der Waals surface area contributed by atoms with Crippen LogP contribution in [0, 0.1) is 26.7 Å². The lowest BCUT2D eigenvalue weighted by Gasteiger charge is -2.15. The molecule has 0 radical (unpaired) electrons. The molecule has 0 aliphatic heterocycles. The Morgan fingerprint density at radius 3 is 2.11 bits per heavy atom. The van der Waals surface area contributed by atoms with E-state index in [1.54, 1.807) is 0 Å². The van der Waals surface area contributed by atoms with Crippen molar-refractivity contribution in [1.29, 1.82) is 0 Å². The lowest BCUT2D eigenvalue weighted by Crippen LogP contribution is -2.24. The van der Waals surface area contributed by atoms with Gasteiger partial charge in [0.1, 0.15) is 0 Å². The Balaban J connectivity index is 2.91. The highest BCUT2D eigenvalue weighted by molar-refractivity contribution is 7.86. The van der Waals surface area contributed by atoms with E-state index in [-0.39, 0.29) is 16.8 Å². The third kappa shape index (κ3) is 4.00. The summed E-state index contributed by atoms with van der Waals surface area (Å²) in [5.74, 6) is 0.448. The number of carbonyl (C=O) groups excluding carboxylic acids is 1. The molecule has 0 fully saturated rings. The van der Waals surface area contributed by atoms with Crippen LogP contribution in [0.3, 0.4) is 0 Å². The molecule has 3 heteroatoms. The van der Waals surface area contributed by atoms with Gasteiger partial charge in [-0.2, -0.15) is 0 Å². The third-order valence-corrected chi connectivity index (χ3v) is 5.69. The van der Waals surface area contributed by atoms with Gasteiger partial charge in [0, 0.05) is 21.6 Å². The molecule has 0 amide bonds. The summed E-state index contributed by atoms with van der Waals surface area (Å²) in [5, 5.41) is 0.0517. The topological polar surface area (TPSA) is 34.1 Å². The maximum absolute atomic E-state index is 12.3. The zero-order valence-corrected chi connectivity index (χ0v) is 13.6. The summed E-state index contributed by atoms with van der Waals surface area (Å²) in [5.41, 5.74) is 3.98. The standard InChI is InChI=1S/C16H24O2S/c1-10(2)14(6)19(18)9-16(17)15-8-12(4)11(3)7-13(15)5/h7-8,10,14H,9H2,1-6H3. The average molecular weight is 280 g/mol. The molecular formula is C16H24O2S. The molecule has 19 heavy (non-hydrogen) atoms. The molecule has 0 saturated heterocycles. The minimum atomic E-state index is -1.10. The highest BCUT2D eigenvalue weighted by atomic mass is 32.2. The molecular weight excluding hydrogens is 256 g/mol. The first-order valence-corrected chi connectivity index (χ1v) is 8.10. The van der Waals surface area contributed by atoms with E-state index in [1.165, 1.54) is 5.56 Å². The van der Waals surface area contributed by atoms with Crippen molar-refractivity contribution in [2.45, 2.75) is 46.8 Å². The van der Waals surface area contributed by atoms with Crippen molar-refractivity contribution in [2.75, 3.05) is 5.75 Å². The molecule has 1 rings (SSSR count). The van der Waals surface area contributed by atoms with Crippen molar-refractivity contribution >= 4 is 16.6 Å². The van der Waals surface area contributed by atoms with Gasteiger partial charge < -0.3 is 0 Å². The van der Waals surface area contributed by atoms with Crippen LogP contribution in [0.5, 0.6) is 0 Å². The van der Waals surface area contributed by atoms with Crippen LogP contribution < -0.4 is 0 Å². The molecule has 0 aromatic heterocycles. The van der Waals surface area contributed by atoms with Crippen molar-refractivity contribution < 1.29 is 9.00 Å². The molecule has 1 aromatic rings. The van der Waals surface area contributed by atoms with Gasteiger partial charge in [-0.3, -0.25) is 9.00 Å². The number of Topliss-reactive ketones (excluding diaryl/α,β-unsaturated/α-hetero) is 1. The third-order valence-electron chi connectivity index (χ3n) is 3.77. The number of hydrogen-bond donors (Lipinski definition) is 0. The summed E-state index contributed by atoms with van der Waals surface area (Å²) in [6.45, 7) is 12.0. The van der Waals surface area contributed by atoms with Gasteiger partial charge in [0.2, 0.25) is 0 Å². The minimum absolute atomic E-state index is 0.00793. The van der Waals surface area contributed by atoms with Gasteiger partial charge in [0.05, 0.1) is 5.75 Å². The molecule has 0 aliphatic rings. The summed E-state index contributed by atoms with van der Waals surface area (Å²) in [4.78, 5) is 12.3. The number of hydrogen-bond acceptors (Lipinski definition) is 2. The molecule has 0 aliphatic carbocycles. The molecule has 0 spiro atoms. The molecule has 0 heterocycles. The first kappa shape index (κ1) is 16.1. The number of rotatable bonds is 5. The van der Waals surface area contributed by atoms with Crippen LogP contribution in [0.2, 0.25) is 0 Å². The Labute approximate surface area is 119 Å². The highest BCUT2D eigenvalue weighted by Crippen LogP contribution is 2.17. The van der Waals surface area contributed by atoms with Crippen LogP contribution in [0.15, 0.2) is 12.1 Å². The molecule has 2 nitrogen and oxygen atoms in total. The van der Waals surface area contributed by atoms with Crippen LogP contribution in [-0.2, 0) is 10.8 Å². The fourth-order valence-corrected chi connectivity index (χ4v) is 3.19. The summed E-state index contributed by atoms with van der Waals surface area (Å²) in [6.07, 6.45) is 0. The maximum Gasteiger partial charge on any atom is 0.175 e. The first-order valence-electron chi connectivity index (χ1n) is 6.72. The minimum Gasteiger partial charge on any atom is -0.293 e. The Kier molecular flexibility index (Phi) is 5.48. The molecule has 2 atom stereocenters. The number of benzene rings is 1. The van der Waals surface area contributed by atoms with E-state index < -0.39 is 10.8 Å². The smallest absolute Gasteiger partial charge is 0.175 e. The van der Waals surface area contributed by atoms with Gasteiger partial charge in [-0.05, 0) is 49.4 Å². The summed E-state index contributed by atoms with van der Waals surface area (Å²) in [7, 11) is -1.10. The van der Waals surface area contributed by atoms with E-state index in [0.717, 1.165) is 11.1 Å². The SMILES string of the molecule is Cc1cc(C)c(C(=O)CS(=O)C(C)C(C)C)cc1C. The van der Waals surface area contributed by atoms with E-state index in [1.807, 2.05) is 53.7 Å². The zero-order valence-electron chi connectivity index (χ0n) is 12.7. The van der Waals surface area contributed by atoms with E-state index in [4.69, 9.17) is 0 Å². The predicted molar refractivity (Wildman–Crippen MR) is 82.3 cm³/mol. The average Bonchev–Trinajstić information content (AvgIpc) is 2.32. The summed E-state index contributed by atoms with van der Waals surface area (Å²) >= 11 is 0. The molecule has 1 aromatic carbocycles. The lowest BCUT2D eigenvalue weighted by atomic mass is 9.99. The quantitative estimate of drug-likeness (QED) is 0.772.